The lowest BCUT2D eigenvalue weighted by molar-refractivity contribution is 0.0976. The number of nitrogens with two attached hydrogens (primary N) is 1. The largest absolute Gasteiger partial charge is 0.370 e. The summed E-state index contributed by atoms with van der Waals surface area (Å²) >= 11 is 0. The molecular formula is C12H17N3O. The lowest BCUT2D eigenvalue weighted by Crippen LogP contribution is -2.36. The molecule has 1 aromatic rings. The number of hydrogen-bond donors (Lipinski definition) is 2. The molecule has 0 saturated heterocycles. The average molecular weight is 219 g/mol. The van der Waals surface area contributed by atoms with Crippen molar-refractivity contribution in [2.75, 3.05) is 6.54 Å². The number of aliphatic imine (C=N–C) groups is 1. The van der Waals surface area contributed by atoms with Gasteiger partial charge >= 0.3 is 0 Å². The number of amides is 1. The molecule has 0 unspecified atom stereocenters. The van der Waals surface area contributed by atoms with Crippen molar-refractivity contribution in [3.05, 3.63) is 35.9 Å². The van der Waals surface area contributed by atoms with Gasteiger partial charge in [-0.2, -0.15) is 0 Å². The van der Waals surface area contributed by atoms with Crippen LogP contribution in [0, 0.1) is 0 Å². The predicted molar refractivity (Wildman–Crippen MR) is 65.3 cm³/mol. The first-order chi connectivity index (χ1) is 7.74. The fourth-order valence-corrected chi connectivity index (χ4v) is 1.18. The Bertz CT molecular complexity index is 360. The normalized spacial score (nSPS) is 11.2. The Labute approximate surface area is 95.6 Å². The number of hydrogen-bond acceptors (Lipinski definition) is 2. The Morgan fingerprint density at radius 1 is 1.38 bits per heavy atom. The van der Waals surface area contributed by atoms with Gasteiger partial charge in [0.25, 0.3) is 5.91 Å². The highest BCUT2D eigenvalue weighted by atomic mass is 16.1. The molecular weight excluding hydrogens is 202 g/mol. The summed E-state index contributed by atoms with van der Waals surface area (Å²) in [4.78, 5) is 15.7. The number of nitrogens with zero attached hydrogens (tertiary/aromatic N) is 1. The van der Waals surface area contributed by atoms with Crippen LogP contribution in [0.1, 0.15) is 30.1 Å². The molecule has 0 saturated carbocycles. The van der Waals surface area contributed by atoms with Crippen LogP contribution < -0.4 is 11.1 Å². The molecule has 0 aromatic heterocycles. The second-order valence-corrected chi connectivity index (χ2v) is 3.44. The summed E-state index contributed by atoms with van der Waals surface area (Å²) in [5, 5.41) is 2.54. The molecule has 1 rings (SSSR count). The van der Waals surface area contributed by atoms with Gasteiger partial charge in [0, 0.05) is 12.1 Å². The van der Waals surface area contributed by atoms with Crippen LogP contribution in [0.2, 0.25) is 0 Å². The Hall–Kier alpha value is -1.84. The van der Waals surface area contributed by atoms with Gasteiger partial charge in [0.1, 0.15) is 0 Å². The maximum Gasteiger partial charge on any atom is 0.257 e. The number of unbranched alkanes of at least 4 members (excludes halogenated alkanes) is 1. The summed E-state index contributed by atoms with van der Waals surface area (Å²) in [7, 11) is 0. The summed E-state index contributed by atoms with van der Waals surface area (Å²) in [5.74, 6) is -0.0411. The lowest BCUT2D eigenvalue weighted by Gasteiger charge is -2.03. The summed E-state index contributed by atoms with van der Waals surface area (Å²) in [6.07, 6.45) is 2.03. The highest BCUT2D eigenvalue weighted by Crippen LogP contribution is 1.97. The third-order valence-corrected chi connectivity index (χ3v) is 2.07. The van der Waals surface area contributed by atoms with E-state index in [1.54, 1.807) is 24.3 Å². The lowest BCUT2D eigenvalue weighted by atomic mass is 10.2. The van der Waals surface area contributed by atoms with Crippen LogP contribution in [0.5, 0.6) is 0 Å². The third-order valence-electron chi connectivity index (χ3n) is 2.07. The molecule has 4 heteroatoms. The summed E-state index contributed by atoms with van der Waals surface area (Å²) in [6, 6.07) is 8.93. The Balaban J connectivity index is 2.48. The number of carbonyl (C=O) groups is 1. The predicted octanol–water partition coefficient (Wildman–Crippen LogP) is 1.53. The molecule has 1 amide bonds. The van der Waals surface area contributed by atoms with E-state index in [0.717, 1.165) is 12.8 Å². The molecule has 0 fully saturated rings. The van der Waals surface area contributed by atoms with E-state index in [9.17, 15) is 4.79 Å². The molecule has 0 heterocycles. The smallest absolute Gasteiger partial charge is 0.257 e. The molecule has 16 heavy (non-hydrogen) atoms. The Morgan fingerprint density at radius 2 is 2.06 bits per heavy atom. The molecule has 3 N–H and O–H groups in total. The first kappa shape index (κ1) is 12.2. The van der Waals surface area contributed by atoms with Gasteiger partial charge in [0.15, 0.2) is 5.96 Å². The van der Waals surface area contributed by atoms with E-state index < -0.39 is 0 Å². The zero-order valence-electron chi connectivity index (χ0n) is 9.44. The zero-order valence-corrected chi connectivity index (χ0v) is 9.44. The van der Waals surface area contributed by atoms with E-state index in [1.807, 2.05) is 6.07 Å². The first-order valence-corrected chi connectivity index (χ1v) is 5.40. The van der Waals surface area contributed by atoms with E-state index in [2.05, 4.69) is 17.2 Å². The van der Waals surface area contributed by atoms with E-state index in [1.165, 1.54) is 0 Å². The van der Waals surface area contributed by atoms with Crippen molar-refractivity contribution in [3.8, 4) is 0 Å². The molecule has 0 aliphatic carbocycles. The highest BCUT2D eigenvalue weighted by molar-refractivity contribution is 6.05. The second-order valence-electron chi connectivity index (χ2n) is 3.44. The van der Waals surface area contributed by atoms with Crippen molar-refractivity contribution in [1.29, 1.82) is 0 Å². The molecule has 0 atom stereocenters. The van der Waals surface area contributed by atoms with Crippen LogP contribution in [0.3, 0.4) is 0 Å². The van der Waals surface area contributed by atoms with Gasteiger partial charge in [-0.15, -0.1) is 0 Å². The van der Waals surface area contributed by atoms with Crippen molar-refractivity contribution in [2.45, 2.75) is 19.8 Å². The Kier molecular flexibility index (Phi) is 5.05. The van der Waals surface area contributed by atoms with Gasteiger partial charge in [-0.05, 0) is 18.6 Å². The zero-order chi connectivity index (χ0) is 11.8. The Morgan fingerprint density at radius 3 is 2.69 bits per heavy atom. The van der Waals surface area contributed by atoms with Gasteiger partial charge in [0.2, 0.25) is 0 Å². The van der Waals surface area contributed by atoms with Crippen LogP contribution in [0.25, 0.3) is 0 Å². The van der Waals surface area contributed by atoms with E-state index in [4.69, 9.17) is 5.73 Å². The number of rotatable bonds is 4. The van der Waals surface area contributed by atoms with Crippen LogP contribution in [-0.4, -0.2) is 18.4 Å². The van der Waals surface area contributed by atoms with E-state index in [0.29, 0.717) is 12.1 Å². The second kappa shape index (κ2) is 6.61. The molecule has 0 radical (unpaired) electrons. The SMILES string of the molecule is CCCCN=C(N)NC(=O)c1ccccc1. The van der Waals surface area contributed by atoms with Crippen LogP contribution >= 0.6 is 0 Å². The third kappa shape index (κ3) is 4.13. The van der Waals surface area contributed by atoms with Gasteiger partial charge in [0.05, 0.1) is 0 Å². The van der Waals surface area contributed by atoms with Crippen LogP contribution in [0.15, 0.2) is 35.3 Å². The first-order valence-electron chi connectivity index (χ1n) is 5.40. The summed E-state index contributed by atoms with van der Waals surface area (Å²) < 4.78 is 0. The van der Waals surface area contributed by atoms with Crippen LogP contribution in [0.4, 0.5) is 0 Å². The van der Waals surface area contributed by atoms with Crippen molar-refractivity contribution in [2.24, 2.45) is 10.7 Å². The fraction of sp³-hybridized carbons (Fsp3) is 0.333. The molecule has 86 valence electrons. The monoisotopic (exact) mass is 219 g/mol. The number of nitrogens with one attached hydrogen (secondary N) is 1. The minimum Gasteiger partial charge on any atom is -0.370 e. The van der Waals surface area contributed by atoms with Crippen molar-refractivity contribution >= 4 is 11.9 Å². The molecule has 0 aliphatic heterocycles. The number of benzene rings is 1. The van der Waals surface area contributed by atoms with Crippen molar-refractivity contribution in [1.82, 2.24) is 5.32 Å². The van der Waals surface area contributed by atoms with Gasteiger partial charge in [-0.25, -0.2) is 0 Å². The average Bonchev–Trinajstić information content (AvgIpc) is 2.30. The highest BCUT2D eigenvalue weighted by Gasteiger charge is 2.04. The molecule has 4 nitrogen and oxygen atoms in total. The summed E-state index contributed by atoms with van der Waals surface area (Å²) in [6.45, 7) is 2.73. The summed E-state index contributed by atoms with van der Waals surface area (Å²) in [5.41, 5.74) is 6.15. The maximum atomic E-state index is 11.6. The minimum absolute atomic E-state index is 0.183. The van der Waals surface area contributed by atoms with Crippen molar-refractivity contribution < 1.29 is 4.79 Å². The quantitative estimate of drug-likeness (QED) is 0.458. The van der Waals surface area contributed by atoms with Gasteiger partial charge in [-0.1, -0.05) is 31.5 Å². The standard InChI is InChI=1S/C12H17N3O/c1-2-3-9-14-12(13)15-11(16)10-7-5-4-6-8-10/h4-8H,2-3,9H2,1H3,(H3,13,14,15,16). The topological polar surface area (TPSA) is 67.5 Å². The molecule has 0 aliphatic rings. The van der Waals surface area contributed by atoms with Crippen LogP contribution in [-0.2, 0) is 0 Å². The van der Waals surface area contributed by atoms with E-state index in [-0.39, 0.29) is 11.9 Å². The van der Waals surface area contributed by atoms with Gasteiger partial charge < -0.3 is 5.73 Å². The minimum atomic E-state index is -0.224. The number of guanidine groups is 1. The van der Waals surface area contributed by atoms with Crippen molar-refractivity contribution in [3.63, 3.8) is 0 Å². The molecule has 0 spiro atoms. The fourth-order valence-electron chi connectivity index (χ4n) is 1.18. The van der Waals surface area contributed by atoms with E-state index >= 15 is 0 Å². The number of carbonyl (C=O) groups excluding carboxylic acids is 1. The maximum absolute atomic E-state index is 11.6. The van der Waals surface area contributed by atoms with Gasteiger partial charge in [-0.3, -0.25) is 15.1 Å². The molecule has 1 aromatic carbocycles. The molecule has 0 bridgehead atoms.